The van der Waals surface area contributed by atoms with Crippen molar-refractivity contribution >= 4 is 18.6 Å². The first-order valence-electron chi connectivity index (χ1n) is 9.16. The van der Waals surface area contributed by atoms with Crippen LogP contribution in [0.1, 0.15) is 44.3 Å². The number of aliphatic carboxylic acids is 1. The first-order chi connectivity index (χ1) is 13.1. The van der Waals surface area contributed by atoms with Gasteiger partial charge in [0.15, 0.2) is 0 Å². The molecule has 0 aliphatic carbocycles. The molecule has 1 aliphatic rings. The number of ether oxygens (including phenoxy) is 2. The Hall–Kier alpha value is -2.51. The summed E-state index contributed by atoms with van der Waals surface area (Å²) in [7, 11) is -1.08. The Morgan fingerprint density at radius 1 is 1.19 bits per heavy atom. The monoisotopic (exact) mass is 370 g/mol. The Balaban J connectivity index is 1.69. The van der Waals surface area contributed by atoms with Crippen molar-refractivity contribution in [2.45, 2.75) is 38.7 Å². The average Bonchev–Trinajstić information content (AvgIpc) is 2.96. The van der Waals surface area contributed by atoms with Gasteiger partial charge < -0.3 is 24.3 Å². The molecule has 27 heavy (non-hydrogen) atoms. The second-order valence-electron chi connectivity index (χ2n) is 6.48. The third kappa shape index (κ3) is 5.02. The van der Waals surface area contributed by atoms with E-state index in [0.717, 1.165) is 24.2 Å². The molecule has 7 heteroatoms. The SMILES string of the molecule is CCCCOc1cccc(Oc2ccc3c(c2)B(O)OC3CCC(=O)O)c1. The molecule has 0 amide bonds. The number of carboxylic acids is 1. The van der Waals surface area contributed by atoms with Gasteiger partial charge in [-0.2, -0.15) is 0 Å². The highest BCUT2D eigenvalue weighted by molar-refractivity contribution is 6.61. The van der Waals surface area contributed by atoms with Gasteiger partial charge in [-0.3, -0.25) is 4.79 Å². The molecule has 1 heterocycles. The van der Waals surface area contributed by atoms with Crippen molar-refractivity contribution in [3.8, 4) is 17.2 Å². The Morgan fingerprint density at radius 2 is 1.96 bits per heavy atom. The molecule has 2 aromatic rings. The van der Waals surface area contributed by atoms with Crippen LogP contribution < -0.4 is 14.9 Å². The van der Waals surface area contributed by atoms with Crippen LogP contribution in [0.15, 0.2) is 42.5 Å². The third-order valence-electron chi connectivity index (χ3n) is 4.39. The van der Waals surface area contributed by atoms with Crippen LogP contribution in [-0.4, -0.2) is 29.8 Å². The van der Waals surface area contributed by atoms with Crippen molar-refractivity contribution in [3.63, 3.8) is 0 Å². The lowest BCUT2D eigenvalue weighted by atomic mass is 9.79. The first kappa shape index (κ1) is 19.3. The van der Waals surface area contributed by atoms with Crippen molar-refractivity contribution in [2.24, 2.45) is 0 Å². The fourth-order valence-corrected chi connectivity index (χ4v) is 3.00. The molecule has 0 aromatic heterocycles. The van der Waals surface area contributed by atoms with E-state index in [1.807, 2.05) is 30.3 Å². The van der Waals surface area contributed by atoms with Crippen molar-refractivity contribution in [1.82, 2.24) is 0 Å². The van der Waals surface area contributed by atoms with E-state index in [0.29, 0.717) is 30.0 Å². The number of fused-ring (bicyclic) bond motifs is 1. The smallest absolute Gasteiger partial charge is 0.492 e. The predicted molar refractivity (Wildman–Crippen MR) is 102 cm³/mol. The average molecular weight is 370 g/mol. The third-order valence-corrected chi connectivity index (χ3v) is 4.39. The number of benzene rings is 2. The van der Waals surface area contributed by atoms with Gasteiger partial charge in [-0.05, 0) is 48.1 Å². The maximum atomic E-state index is 10.8. The zero-order valence-corrected chi connectivity index (χ0v) is 15.3. The number of hydrogen-bond donors (Lipinski definition) is 2. The molecule has 0 spiro atoms. The Kier molecular flexibility index (Phi) is 6.37. The van der Waals surface area contributed by atoms with Crippen LogP contribution >= 0.6 is 0 Å². The molecule has 1 aliphatic heterocycles. The van der Waals surface area contributed by atoms with E-state index in [2.05, 4.69) is 6.92 Å². The van der Waals surface area contributed by atoms with E-state index >= 15 is 0 Å². The van der Waals surface area contributed by atoms with Gasteiger partial charge in [0.05, 0.1) is 12.7 Å². The summed E-state index contributed by atoms with van der Waals surface area (Å²) in [5.41, 5.74) is 1.41. The van der Waals surface area contributed by atoms with Gasteiger partial charge in [0.1, 0.15) is 17.2 Å². The maximum absolute atomic E-state index is 10.8. The van der Waals surface area contributed by atoms with Gasteiger partial charge in [0.2, 0.25) is 0 Å². The summed E-state index contributed by atoms with van der Waals surface area (Å²) < 4.78 is 17.1. The lowest BCUT2D eigenvalue weighted by Crippen LogP contribution is -2.27. The van der Waals surface area contributed by atoms with Crippen molar-refractivity contribution in [3.05, 3.63) is 48.0 Å². The Morgan fingerprint density at radius 3 is 2.74 bits per heavy atom. The highest BCUT2D eigenvalue weighted by Gasteiger charge is 2.35. The molecule has 0 bridgehead atoms. The molecule has 1 unspecified atom stereocenters. The number of rotatable bonds is 9. The molecule has 1 atom stereocenters. The van der Waals surface area contributed by atoms with E-state index in [1.165, 1.54) is 0 Å². The fourth-order valence-electron chi connectivity index (χ4n) is 3.00. The normalized spacial score (nSPS) is 15.5. The zero-order chi connectivity index (χ0) is 19.2. The molecule has 6 nitrogen and oxygen atoms in total. The fraction of sp³-hybridized carbons (Fsp3) is 0.350. The van der Waals surface area contributed by atoms with Crippen LogP contribution in [-0.2, 0) is 9.45 Å². The zero-order valence-electron chi connectivity index (χ0n) is 15.3. The van der Waals surface area contributed by atoms with Crippen molar-refractivity contribution in [2.75, 3.05) is 6.61 Å². The first-order valence-corrected chi connectivity index (χ1v) is 9.16. The Labute approximate surface area is 158 Å². The summed E-state index contributed by atoms with van der Waals surface area (Å²) in [6.07, 6.45) is 1.95. The lowest BCUT2D eigenvalue weighted by molar-refractivity contribution is -0.137. The van der Waals surface area contributed by atoms with E-state index in [-0.39, 0.29) is 6.42 Å². The molecule has 0 fully saturated rings. The van der Waals surface area contributed by atoms with E-state index < -0.39 is 19.2 Å². The van der Waals surface area contributed by atoms with Gasteiger partial charge >= 0.3 is 13.1 Å². The lowest BCUT2D eigenvalue weighted by Gasteiger charge is -2.12. The molecule has 3 rings (SSSR count). The number of carboxylic acid groups (broad SMARTS) is 1. The van der Waals surface area contributed by atoms with Gasteiger partial charge in [-0.15, -0.1) is 0 Å². The standard InChI is InChI=1S/C20H23BO6/c1-2-3-11-25-14-5-4-6-15(12-14)26-16-7-8-17-18(13-16)21(24)27-19(17)9-10-20(22)23/h4-8,12-13,19,24H,2-3,9-11H2,1H3,(H,22,23). The molecular weight excluding hydrogens is 347 g/mol. The highest BCUT2D eigenvalue weighted by atomic mass is 16.5. The largest absolute Gasteiger partial charge is 0.493 e. The van der Waals surface area contributed by atoms with Crippen LogP contribution in [0, 0.1) is 0 Å². The molecular formula is C20H23BO6. The quantitative estimate of drug-likeness (QED) is 0.521. The topological polar surface area (TPSA) is 85.2 Å². The minimum atomic E-state index is -1.08. The van der Waals surface area contributed by atoms with Crippen LogP contribution in [0.4, 0.5) is 0 Å². The van der Waals surface area contributed by atoms with Crippen LogP contribution in [0.25, 0.3) is 0 Å². The number of unbranched alkanes of at least 4 members (excludes halogenated alkanes) is 1. The summed E-state index contributed by atoms with van der Waals surface area (Å²) in [4.78, 5) is 10.8. The minimum absolute atomic E-state index is 0.0140. The van der Waals surface area contributed by atoms with Gasteiger partial charge in [-0.1, -0.05) is 25.5 Å². The van der Waals surface area contributed by atoms with Gasteiger partial charge in [0, 0.05) is 12.5 Å². The molecule has 142 valence electrons. The molecule has 2 aromatic carbocycles. The van der Waals surface area contributed by atoms with E-state index in [4.69, 9.17) is 19.2 Å². The van der Waals surface area contributed by atoms with Crippen LogP contribution in [0.2, 0.25) is 0 Å². The Bertz CT molecular complexity index is 794. The highest BCUT2D eigenvalue weighted by Crippen LogP contribution is 2.31. The second-order valence-corrected chi connectivity index (χ2v) is 6.48. The maximum Gasteiger partial charge on any atom is 0.492 e. The molecule has 0 saturated heterocycles. The molecule has 0 saturated carbocycles. The van der Waals surface area contributed by atoms with Crippen LogP contribution in [0.5, 0.6) is 17.2 Å². The minimum Gasteiger partial charge on any atom is -0.493 e. The summed E-state index contributed by atoms with van der Waals surface area (Å²) in [6.45, 7) is 2.78. The molecule has 2 N–H and O–H groups in total. The number of carbonyl (C=O) groups is 1. The second kappa shape index (κ2) is 8.93. The van der Waals surface area contributed by atoms with Gasteiger partial charge in [0.25, 0.3) is 0 Å². The number of hydrogen-bond acceptors (Lipinski definition) is 5. The predicted octanol–water partition coefficient (Wildman–Crippen LogP) is 3.28. The van der Waals surface area contributed by atoms with Crippen molar-refractivity contribution < 1.29 is 29.1 Å². The summed E-state index contributed by atoms with van der Waals surface area (Å²) in [5.74, 6) is 1.07. The summed E-state index contributed by atoms with van der Waals surface area (Å²) in [5, 5.41) is 19.0. The molecule has 0 radical (unpaired) electrons. The van der Waals surface area contributed by atoms with Gasteiger partial charge in [-0.25, -0.2) is 0 Å². The van der Waals surface area contributed by atoms with Crippen LogP contribution in [0.3, 0.4) is 0 Å². The van der Waals surface area contributed by atoms with E-state index in [9.17, 15) is 9.82 Å². The summed E-state index contributed by atoms with van der Waals surface area (Å²) >= 11 is 0. The summed E-state index contributed by atoms with van der Waals surface area (Å²) in [6, 6.07) is 12.7. The van der Waals surface area contributed by atoms with Crippen molar-refractivity contribution in [1.29, 1.82) is 0 Å². The van der Waals surface area contributed by atoms with E-state index in [1.54, 1.807) is 12.1 Å².